The maximum atomic E-state index is 2.29. The van der Waals surface area contributed by atoms with Crippen molar-refractivity contribution in [3.8, 4) is 0 Å². The molecule has 102 valence electrons. The summed E-state index contributed by atoms with van der Waals surface area (Å²) in [4.78, 5) is 0. The van der Waals surface area contributed by atoms with Crippen LogP contribution in [0, 0.1) is 0 Å². The molecule has 0 nitrogen and oxygen atoms in total. The largest absolute Gasteiger partial charge is 0.140 e. The molecule has 1 heterocycles. The van der Waals surface area contributed by atoms with Gasteiger partial charge in [0.15, 0.2) is 0 Å². The second-order valence-corrected chi connectivity index (χ2v) is 6.93. The molecule has 5 aromatic rings. The standard InChI is InChI=1S/C20H13BS/c21-16-6-3-7-17-19(16)15-11-10-13-9-8-12-4-1-2-5-14(12)18(13)20(15)22-17/h1-11H,21H2. The Morgan fingerprint density at radius 3 is 2.41 bits per heavy atom. The molecule has 0 saturated carbocycles. The Balaban J connectivity index is 2.14. The van der Waals surface area contributed by atoms with Crippen molar-refractivity contribution in [2.45, 2.75) is 0 Å². The summed E-state index contributed by atoms with van der Waals surface area (Å²) in [6, 6.07) is 24.3. The highest BCUT2D eigenvalue weighted by molar-refractivity contribution is 7.27. The van der Waals surface area contributed by atoms with Crippen molar-refractivity contribution in [1.82, 2.24) is 0 Å². The van der Waals surface area contributed by atoms with Gasteiger partial charge in [0.1, 0.15) is 7.85 Å². The van der Waals surface area contributed by atoms with Crippen LogP contribution in [0.15, 0.2) is 66.7 Å². The fourth-order valence-corrected chi connectivity index (χ4v) is 4.90. The molecule has 0 aliphatic heterocycles. The normalized spacial score (nSPS) is 11.8. The van der Waals surface area contributed by atoms with Crippen LogP contribution in [0.3, 0.4) is 0 Å². The first-order valence-electron chi connectivity index (χ1n) is 7.55. The van der Waals surface area contributed by atoms with Crippen molar-refractivity contribution in [1.29, 1.82) is 0 Å². The molecule has 0 bridgehead atoms. The zero-order valence-electron chi connectivity index (χ0n) is 12.3. The van der Waals surface area contributed by atoms with E-state index in [1.54, 1.807) is 0 Å². The monoisotopic (exact) mass is 296 g/mol. The van der Waals surface area contributed by atoms with Crippen molar-refractivity contribution >= 4 is 66.4 Å². The van der Waals surface area contributed by atoms with Gasteiger partial charge in [-0.3, -0.25) is 0 Å². The second kappa shape index (κ2) is 4.34. The van der Waals surface area contributed by atoms with Crippen LogP contribution in [0.5, 0.6) is 0 Å². The second-order valence-electron chi connectivity index (χ2n) is 5.88. The van der Waals surface area contributed by atoms with Crippen LogP contribution in [-0.4, -0.2) is 7.85 Å². The van der Waals surface area contributed by atoms with Crippen molar-refractivity contribution < 1.29 is 0 Å². The highest BCUT2D eigenvalue weighted by Gasteiger charge is 2.11. The molecule has 2 heteroatoms. The van der Waals surface area contributed by atoms with Crippen LogP contribution in [0.25, 0.3) is 41.7 Å². The van der Waals surface area contributed by atoms with E-state index in [4.69, 9.17) is 0 Å². The minimum absolute atomic E-state index is 1.32. The van der Waals surface area contributed by atoms with Crippen molar-refractivity contribution in [3.05, 3.63) is 66.7 Å². The average Bonchev–Trinajstić information content (AvgIpc) is 2.94. The summed E-state index contributed by atoms with van der Waals surface area (Å²) in [5.41, 5.74) is 1.36. The molecule has 0 aliphatic rings. The third kappa shape index (κ3) is 1.53. The summed E-state index contributed by atoms with van der Waals surface area (Å²) < 4.78 is 2.80. The molecule has 0 N–H and O–H groups in total. The fourth-order valence-electron chi connectivity index (χ4n) is 3.55. The van der Waals surface area contributed by atoms with Crippen LogP contribution in [0.4, 0.5) is 0 Å². The molecule has 0 fully saturated rings. The molecule has 0 aliphatic carbocycles. The van der Waals surface area contributed by atoms with Gasteiger partial charge >= 0.3 is 0 Å². The van der Waals surface area contributed by atoms with E-state index in [9.17, 15) is 0 Å². The van der Waals surface area contributed by atoms with Crippen molar-refractivity contribution in [2.75, 3.05) is 0 Å². The first kappa shape index (κ1) is 12.3. The van der Waals surface area contributed by atoms with Crippen LogP contribution in [0.1, 0.15) is 0 Å². The number of rotatable bonds is 0. The quantitative estimate of drug-likeness (QED) is 0.289. The van der Waals surface area contributed by atoms with Crippen LogP contribution in [0.2, 0.25) is 0 Å². The van der Waals surface area contributed by atoms with Crippen LogP contribution < -0.4 is 5.46 Å². The van der Waals surface area contributed by atoms with E-state index in [2.05, 4.69) is 74.6 Å². The third-order valence-corrected chi connectivity index (χ3v) is 5.77. The zero-order chi connectivity index (χ0) is 14.7. The molecule has 5 rings (SSSR count). The molecule has 22 heavy (non-hydrogen) atoms. The predicted molar refractivity (Wildman–Crippen MR) is 103 cm³/mol. The molecule has 0 atom stereocenters. The first-order valence-corrected chi connectivity index (χ1v) is 8.37. The van der Waals surface area contributed by atoms with E-state index in [1.165, 1.54) is 47.2 Å². The lowest BCUT2D eigenvalue weighted by atomic mass is 9.90. The Kier molecular flexibility index (Phi) is 2.42. The van der Waals surface area contributed by atoms with Gasteiger partial charge in [-0.2, -0.15) is 0 Å². The van der Waals surface area contributed by atoms with Gasteiger partial charge < -0.3 is 0 Å². The van der Waals surface area contributed by atoms with Gasteiger partial charge in [0, 0.05) is 20.2 Å². The van der Waals surface area contributed by atoms with E-state index >= 15 is 0 Å². The SMILES string of the molecule is Bc1cccc2sc3c(ccc4ccc5ccccc5c43)c12. The molecule has 4 aromatic carbocycles. The summed E-state index contributed by atoms with van der Waals surface area (Å²) in [6.07, 6.45) is 0. The summed E-state index contributed by atoms with van der Waals surface area (Å²) in [5, 5.41) is 8.21. The predicted octanol–water partition coefficient (Wildman–Crippen LogP) is 4.62. The number of thiophene rings is 1. The summed E-state index contributed by atoms with van der Waals surface area (Å²) in [6.45, 7) is 0. The molecule has 1 aromatic heterocycles. The van der Waals surface area contributed by atoms with E-state index in [1.807, 2.05) is 11.3 Å². The molecule has 0 radical (unpaired) electrons. The minimum atomic E-state index is 1.32. The Labute approximate surface area is 133 Å². The summed E-state index contributed by atoms with van der Waals surface area (Å²) in [5.74, 6) is 0. The Hall–Kier alpha value is -2.32. The van der Waals surface area contributed by atoms with Gasteiger partial charge in [0.05, 0.1) is 0 Å². The molecule has 0 amide bonds. The lowest BCUT2D eigenvalue weighted by Gasteiger charge is -2.05. The Morgan fingerprint density at radius 1 is 0.636 bits per heavy atom. The Morgan fingerprint density at radius 2 is 1.45 bits per heavy atom. The lowest BCUT2D eigenvalue weighted by Crippen LogP contribution is -2.00. The summed E-state index contributed by atoms with van der Waals surface area (Å²) >= 11 is 1.92. The maximum absolute atomic E-state index is 2.29. The topological polar surface area (TPSA) is 0 Å². The molecule has 0 unspecified atom stereocenters. The van der Waals surface area contributed by atoms with Gasteiger partial charge in [-0.25, -0.2) is 0 Å². The number of hydrogen-bond donors (Lipinski definition) is 0. The van der Waals surface area contributed by atoms with Gasteiger partial charge in [-0.1, -0.05) is 66.1 Å². The third-order valence-electron chi connectivity index (χ3n) is 4.58. The first-order chi connectivity index (χ1) is 10.8. The number of hydrogen-bond acceptors (Lipinski definition) is 1. The average molecular weight is 296 g/mol. The van der Waals surface area contributed by atoms with E-state index < -0.39 is 0 Å². The minimum Gasteiger partial charge on any atom is -0.135 e. The fraction of sp³-hybridized carbons (Fsp3) is 0. The molecular weight excluding hydrogens is 283 g/mol. The molecule has 0 spiro atoms. The highest BCUT2D eigenvalue weighted by Crippen LogP contribution is 2.40. The number of fused-ring (bicyclic) bond motifs is 7. The van der Waals surface area contributed by atoms with Crippen molar-refractivity contribution in [3.63, 3.8) is 0 Å². The van der Waals surface area contributed by atoms with Crippen LogP contribution >= 0.6 is 11.3 Å². The van der Waals surface area contributed by atoms with E-state index in [-0.39, 0.29) is 0 Å². The molecular formula is C20H13BS. The maximum Gasteiger partial charge on any atom is 0.140 e. The summed E-state index contributed by atoms with van der Waals surface area (Å²) in [7, 11) is 2.21. The van der Waals surface area contributed by atoms with Crippen molar-refractivity contribution in [2.24, 2.45) is 0 Å². The van der Waals surface area contributed by atoms with E-state index in [0.717, 1.165) is 0 Å². The zero-order valence-corrected chi connectivity index (χ0v) is 13.1. The Bertz CT molecular complexity index is 1180. The smallest absolute Gasteiger partial charge is 0.135 e. The van der Waals surface area contributed by atoms with Crippen LogP contribution in [-0.2, 0) is 0 Å². The van der Waals surface area contributed by atoms with E-state index in [0.29, 0.717) is 0 Å². The molecule has 0 saturated heterocycles. The van der Waals surface area contributed by atoms with Gasteiger partial charge in [0.25, 0.3) is 0 Å². The number of benzene rings is 4. The lowest BCUT2D eigenvalue weighted by molar-refractivity contribution is 1.80. The van der Waals surface area contributed by atoms with Gasteiger partial charge in [-0.05, 0) is 27.6 Å². The van der Waals surface area contributed by atoms with Gasteiger partial charge in [0.2, 0.25) is 0 Å². The van der Waals surface area contributed by atoms with Gasteiger partial charge in [-0.15, -0.1) is 11.3 Å². The highest BCUT2D eigenvalue weighted by atomic mass is 32.1.